The summed E-state index contributed by atoms with van der Waals surface area (Å²) >= 11 is 6.18. The maximum Gasteiger partial charge on any atom is 0.120 e. The summed E-state index contributed by atoms with van der Waals surface area (Å²) in [6.45, 7) is 4.43. The quantitative estimate of drug-likeness (QED) is 0.905. The summed E-state index contributed by atoms with van der Waals surface area (Å²) in [7, 11) is 0. The van der Waals surface area contributed by atoms with Crippen LogP contribution >= 0.6 is 11.6 Å². The Morgan fingerprint density at radius 2 is 2.00 bits per heavy atom. The van der Waals surface area contributed by atoms with Gasteiger partial charge in [0.25, 0.3) is 0 Å². The van der Waals surface area contributed by atoms with E-state index in [1.807, 2.05) is 56.3 Å². The Bertz CT molecular complexity index is 566. The summed E-state index contributed by atoms with van der Waals surface area (Å²) < 4.78 is 5.76. The Hall–Kier alpha value is -1.51. The highest BCUT2D eigenvalue weighted by atomic mass is 35.5. The van der Waals surface area contributed by atoms with E-state index in [2.05, 4.69) is 0 Å². The number of rotatable bonds is 4. The molecule has 2 aromatic rings. The predicted octanol–water partition coefficient (Wildman–Crippen LogP) is 4.25. The lowest BCUT2D eigenvalue weighted by atomic mass is 10.1. The van der Waals surface area contributed by atoms with Crippen molar-refractivity contribution >= 4 is 11.6 Å². The second-order valence-electron chi connectivity index (χ2n) is 4.74. The molecule has 0 heterocycles. The summed E-state index contributed by atoms with van der Waals surface area (Å²) in [6.07, 6.45) is 0. The van der Waals surface area contributed by atoms with Crippen LogP contribution in [0.3, 0.4) is 0 Å². The second kappa shape index (κ2) is 6.09. The lowest BCUT2D eigenvalue weighted by molar-refractivity contribution is 0.306. The van der Waals surface area contributed by atoms with E-state index in [4.69, 9.17) is 22.1 Å². The topological polar surface area (TPSA) is 35.2 Å². The van der Waals surface area contributed by atoms with Gasteiger partial charge in [0.2, 0.25) is 0 Å². The fourth-order valence-corrected chi connectivity index (χ4v) is 2.11. The molecule has 0 bridgehead atoms. The highest BCUT2D eigenvalue weighted by molar-refractivity contribution is 6.31. The fourth-order valence-electron chi connectivity index (χ4n) is 1.82. The van der Waals surface area contributed by atoms with Crippen LogP contribution in [0.1, 0.15) is 29.7 Å². The SMILES string of the molecule is Cc1ccc(COc2cccc(C(C)N)c2)c(Cl)c1. The van der Waals surface area contributed by atoms with E-state index in [1.54, 1.807) is 0 Å². The first-order valence-corrected chi connectivity index (χ1v) is 6.67. The molecule has 0 fully saturated rings. The molecule has 2 nitrogen and oxygen atoms in total. The molecule has 1 unspecified atom stereocenters. The molecule has 0 saturated carbocycles. The summed E-state index contributed by atoms with van der Waals surface area (Å²) in [4.78, 5) is 0. The van der Waals surface area contributed by atoms with Gasteiger partial charge in [-0.25, -0.2) is 0 Å². The normalized spacial score (nSPS) is 12.2. The smallest absolute Gasteiger partial charge is 0.120 e. The van der Waals surface area contributed by atoms with E-state index in [9.17, 15) is 0 Å². The van der Waals surface area contributed by atoms with Gasteiger partial charge >= 0.3 is 0 Å². The van der Waals surface area contributed by atoms with Crippen molar-refractivity contribution in [3.05, 3.63) is 64.2 Å². The molecule has 19 heavy (non-hydrogen) atoms. The van der Waals surface area contributed by atoms with Crippen molar-refractivity contribution in [3.63, 3.8) is 0 Å². The standard InChI is InChI=1S/C16H18ClNO/c1-11-6-7-14(16(17)8-11)10-19-15-5-3-4-13(9-15)12(2)18/h3-9,12H,10,18H2,1-2H3. The Morgan fingerprint density at radius 1 is 1.21 bits per heavy atom. The second-order valence-corrected chi connectivity index (χ2v) is 5.15. The fraction of sp³-hybridized carbons (Fsp3) is 0.250. The van der Waals surface area contributed by atoms with Gasteiger partial charge in [-0.05, 0) is 43.2 Å². The first-order chi connectivity index (χ1) is 9.06. The molecule has 0 aromatic heterocycles. The Balaban J connectivity index is 2.08. The van der Waals surface area contributed by atoms with Crippen LogP contribution in [0, 0.1) is 6.92 Å². The van der Waals surface area contributed by atoms with Gasteiger partial charge in [0, 0.05) is 16.6 Å². The largest absolute Gasteiger partial charge is 0.489 e. The summed E-state index contributed by atoms with van der Waals surface area (Å²) in [5.41, 5.74) is 9.05. The number of halogens is 1. The van der Waals surface area contributed by atoms with Crippen LogP contribution in [0.25, 0.3) is 0 Å². The molecular formula is C16H18ClNO. The van der Waals surface area contributed by atoms with Gasteiger partial charge < -0.3 is 10.5 Å². The Morgan fingerprint density at radius 3 is 2.68 bits per heavy atom. The van der Waals surface area contributed by atoms with E-state index in [-0.39, 0.29) is 6.04 Å². The van der Waals surface area contributed by atoms with Crippen molar-refractivity contribution in [3.8, 4) is 5.75 Å². The average molecular weight is 276 g/mol. The van der Waals surface area contributed by atoms with Gasteiger partial charge in [0.15, 0.2) is 0 Å². The first-order valence-electron chi connectivity index (χ1n) is 6.29. The summed E-state index contributed by atoms with van der Waals surface area (Å²) in [6, 6.07) is 13.8. The molecule has 0 saturated heterocycles. The van der Waals surface area contributed by atoms with E-state index >= 15 is 0 Å². The lowest BCUT2D eigenvalue weighted by Gasteiger charge is -2.11. The molecule has 0 aliphatic carbocycles. The molecule has 0 aliphatic heterocycles. The number of hydrogen-bond donors (Lipinski definition) is 1. The Kier molecular flexibility index (Phi) is 4.46. The van der Waals surface area contributed by atoms with Gasteiger partial charge in [-0.15, -0.1) is 0 Å². The van der Waals surface area contributed by atoms with Crippen LogP contribution in [0.4, 0.5) is 0 Å². The van der Waals surface area contributed by atoms with Gasteiger partial charge in [-0.3, -0.25) is 0 Å². The highest BCUT2D eigenvalue weighted by Crippen LogP contribution is 2.22. The van der Waals surface area contributed by atoms with Crippen LogP contribution in [0.2, 0.25) is 5.02 Å². The number of ether oxygens (including phenoxy) is 1. The van der Waals surface area contributed by atoms with Gasteiger partial charge in [0.05, 0.1) is 0 Å². The minimum Gasteiger partial charge on any atom is -0.489 e. The van der Waals surface area contributed by atoms with Gasteiger partial charge in [0.1, 0.15) is 12.4 Å². The van der Waals surface area contributed by atoms with Crippen molar-refractivity contribution in [2.75, 3.05) is 0 Å². The molecule has 2 rings (SSSR count). The zero-order valence-electron chi connectivity index (χ0n) is 11.2. The van der Waals surface area contributed by atoms with Crippen molar-refractivity contribution < 1.29 is 4.74 Å². The minimum atomic E-state index is 0.00603. The molecule has 1 atom stereocenters. The molecule has 2 aromatic carbocycles. The molecular weight excluding hydrogens is 258 g/mol. The molecule has 3 heteroatoms. The van der Waals surface area contributed by atoms with E-state index in [0.717, 1.165) is 27.5 Å². The Labute approximate surface area is 119 Å². The summed E-state index contributed by atoms with van der Waals surface area (Å²) in [5, 5.41) is 0.739. The van der Waals surface area contributed by atoms with E-state index in [1.165, 1.54) is 0 Å². The zero-order valence-corrected chi connectivity index (χ0v) is 11.9. The number of benzene rings is 2. The highest BCUT2D eigenvalue weighted by Gasteiger charge is 2.04. The van der Waals surface area contributed by atoms with Crippen LogP contribution in [-0.4, -0.2) is 0 Å². The number of hydrogen-bond acceptors (Lipinski definition) is 2. The first kappa shape index (κ1) is 13.9. The minimum absolute atomic E-state index is 0.00603. The van der Waals surface area contributed by atoms with Crippen LogP contribution in [0.15, 0.2) is 42.5 Å². The average Bonchev–Trinajstić information content (AvgIpc) is 2.38. The van der Waals surface area contributed by atoms with Gasteiger partial charge in [-0.2, -0.15) is 0 Å². The zero-order chi connectivity index (χ0) is 13.8. The number of aryl methyl sites for hydroxylation is 1. The monoisotopic (exact) mass is 275 g/mol. The van der Waals surface area contributed by atoms with E-state index < -0.39 is 0 Å². The molecule has 0 spiro atoms. The predicted molar refractivity (Wildman–Crippen MR) is 79.6 cm³/mol. The maximum absolute atomic E-state index is 6.18. The van der Waals surface area contributed by atoms with Crippen molar-refractivity contribution in [2.24, 2.45) is 5.73 Å². The van der Waals surface area contributed by atoms with Crippen molar-refractivity contribution in [1.82, 2.24) is 0 Å². The van der Waals surface area contributed by atoms with E-state index in [0.29, 0.717) is 6.61 Å². The lowest BCUT2D eigenvalue weighted by Crippen LogP contribution is -2.05. The molecule has 0 radical (unpaired) electrons. The van der Waals surface area contributed by atoms with Crippen molar-refractivity contribution in [2.45, 2.75) is 26.5 Å². The van der Waals surface area contributed by atoms with Gasteiger partial charge in [-0.1, -0.05) is 35.9 Å². The van der Waals surface area contributed by atoms with Crippen LogP contribution in [-0.2, 0) is 6.61 Å². The molecule has 0 amide bonds. The third-order valence-corrected chi connectivity index (χ3v) is 3.34. The molecule has 2 N–H and O–H groups in total. The van der Waals surface area contributed by atoms with Crippen LogP contribution < -0.4 is 10.5 Å². The maximum atomic E-state index is 6.18. The van der Waals surface area contributed by atoms with Crippen LogP contribution in [0.5, 0.6) is 5.75 Å². The number of nitrogens with two attached hydrogens (primary N) is 1. The third-order valence-electron chi connectivity index (χ3n) is 2.99. The van der Waals surface area contributed by atoms with Crippen molar-refractivity contribution in [1.29, 1.82) is 0 Å². The molecule has 0 aliphatic rings. The third kappa shape index (κ3) is 3.72. The summed E-state index contributed by atoms with van der Waals surface area (Å²) in [5.74, 6) is 0.812. The molecule has 100 valence electrons.